The molecular formula is C19H25NO. The van der Waals surface area contributed by atoms with E-state index >= 15 is 0 Å². The summed E-state index contributed by atoms with van der Waals surface area (Å²) in [6.07, 6.45) is 6.68. The highest BCUT2D eigenvalue weighted by molar-refractivity contribution is 5.87. The molecular weight excluding hydrogens is 258 g/mol. The largest absolute Gasteiger partial charge is 0.358 e. The van der Waals surface area contributed by atoms with Crippen LogP contribution in [0.4, 0.5) is 0 Å². The SMILES string of the molecule is Cc1[nH]c2ccccc2c1[C@@H](C)CC(=O)C1CCCCC1. The summed E-state index contributed by atoms with van der Waals surface area (Å²) in [5.41, 5.74) is 3.72. The standard InChI is InChI=1S/C19H25NO/c1-13(12-18(21)15-8-4-3-5-9-15)19-14(2)20-17-11-7-6-10-16(17)19/h6-7,10-11,13,15,20H,3-5,8-9,12H2,1-2H3/t13-/m0/s1. The second-order valence-corrected chi connectivity index (χ2v) is 6.62. The fourth-order valence-corrected chi connectivity index (χ4v) is 3.93. The predicted octanol–water partition coefficient (Wildman–Crippen LogP) is 5.12. The topological polar surface area (TPSA) is 32.9 Å². The number of hydrogen-bond donors (Lipinski definition) is 1. The average Bonchev–Trinajstić information content (AvgIpc) is 2.83. The zero-order valence-electron chi connectivity index (χ0n) is 13.1. The number of fused-ring (bicyclic) bond motifs is 1. The molecule has 0 amide bonds. The summed E-state index contributed by atoms with van der Waals surface area (Å²) >= 11 is 0. The lowest BCUT2D eigenvalue weighted by atomic mass is 9.82. The summed E-state index contributed by atoms with van der Waals surface area (Å²) in [5.74, 6) is 1.11. The van der Waals surface area contributed by atoms with Gasteiger partial charge in [0.15, 0.2) is 0 Å². The van der Waals surface area contributed by atoms with E-state index in [1.165, 1.54) is 41.4 Å². The van der Waals surface area contributed by atoms with Crippen molar-refractivity contribution in [1.29, 1.82) is 0 Å². The third-order valence-corrected chi connectivity index (χ3v) is 5.00. The molecule has 2 aromatic rings. The number of carbonyl (C=O) groups is 1. The van der Waals surface area contributed by atoms with Gasteiger partial charge in [0.05, 0.1) is 0 Å². The number of ketones is 1. The van der Waals surface area contributed by atoms with Crippen LogP contribution < -0.4 is 0 Å². The number of aromatic amines is 1. The second-order valence-electron chi connectivity index (χ2n) is 6.62. The molecule has 21 heavy (non-hydrogen) atoms. The first-order valence-electron chi connectivity index (χ1n) is 8.26. The molecule has 0 saturated heterocycles. The van der Waals surface area contributed by atoms with E-state index in [4.69, 9.17) is 0 Å². The van der Waals surface area contributed by atoms with Crippen LogP contribution in [0.1, 0.15) is 62.6 Å². The molecule has 1 saturated carbocycles. The summed E-state index contributed by atoms with van der Waals surface area (Å²) in [6, 6.07) is 8.41. The van der Waals surface area contributed by atoms with Gasteiger partial charge in [-0.2, -0.15) is 0 Å². The van der Waals surface area contributed by atoms with Crippen LogP contribution in [0.5, 0.6) is 0 Å². The Balaban J connectivity index is 1.79. The molecule has 0 aliphatic heterocycles. The van der Waals surface area contributed by atoms with Crippen LogP contribution >= 0.6 is 0 Å². The third-order valence-electron chi connectivity index (χ3n) is 5.00. The van der Waals surface area contributed by atoms with Crippen molar-refractivity contribution in [2.45, 2.75) is 58.3 Å². The van der Waals surface area contributed by atoms with Crippen LogP contribution in [0.15, 0.2) is 24.3 Å². The summed E-state index contributed by atoms with van der Waals surface area (Å²) in [4.78, 5) is 16.0. The van der Waals surface area contributed by atoms with E-state index < -0.39 is 0 Å². The molecule has 1 fully saturated rings. The number of benzene rings is 1. The molecule has 1 aliphatic rings. The van der Waals surface area contributed by atoms with Gasteiger partial charge < -0.3 is 4.98 Å². The Morgan fingerprint density at radius 1 is 1.24 bits per heavy atom. The summed E-state index contributed by atoms with van der Waals surface area (Å²) in [6.45, 7) is 4.32. The Hall–Kier alpha value is -1.57. The van der Waals surface area contributed by atoms with Gasteiger partial charge in [-0.3, -0.25) is 4.79 Å². The number of H-pyrrole nitrogens is 1. The highest BCUT2D eigenvalue weighted by Gasteiger charge is 2.24. The maximum absolute atomic E-state index is 12.5. The zero-order chi connectivity index (χ0) is 14.8. The van der Waals surface area contributed by atoms with E-state index in [1.807, 2.05) is 0 Å². The Morgan fingerprint density at radius 2 is 1.95 bits per heavy atom. The first kappa shape index (κ1) is 14.4. The minimum atomic E-state index is 0.301. The number of aromatic nitrogens is 1. The number of rotatable bonds is 4. The monoisotopic (exact) mass is 283 g/mol. The first-order chi connectivity index (χ1) is 10.2. The van der Waals surface area contributed by atoms with Crippen LogP contribution in [0, 0.1) is 12.8 Å². The molecule has 1 aliphatic carbocycles. The lowest BCUT2D eigenvalue weighted by Gasteiger charge is -2.22. The van der Waals surface area contributed by atoms with Crippen molar-refractivity contribution in [1.82, 2.24) is 4.98 Å². The lowest BCUT2D eigenvalue weighted by molar-refractivity contribution is -0.124. The van der Waals surface area contributed by atoms with Crippen molar-refractivity contribution in [2.24, 2.45) is 5.92 Å². The summed E-state index contributed by atoms with van der Waals surface area (Å²) in [7, 11) is 0. The lowest BCUT2D eigenvalue weighted by Crippen LogP contribution is -2.19. The van der Waals surface area contributed by atoms with Gasteiger partial charge in [-0.15, -0.1) is 0 Å². The predicted molar refractivity (Wildman–Crippen MR) is 87.6 cm³/mol. The molecule has 3 rings (SSSR count). The van der Waals surface area contributed by atoms with Gasteiger partial charge in [-0.1, -0.05) is 44.4 Å². The quantitative estimate of drug-likeness (QED) is 0.830. The second kappa shape index (κ2) is 6.05. The number of nitrogens with one attached hydrogen (secondary N) is 1. The molecule has 1 aromatic carbocycles. The molecule has 1 atom stereocenters. The van der Waals surface area contributed by atoms with E-state index in [1.54, 1.807) is 0 Å². The highest BCUT2D eigenvalue weighted by Crippen LogP contribution is 2.33. The van der Waals surface area contributed by atoms with Crippen molar-refractivity contribution >= 4 is 16.7 Å². The van der Waals surface area contributed by atoms with Crippen LogP contribution in [0.3, 0.4) is 0 Å². The number of para-hydroxylation sites is 1. The molecule has 1 N–H and O–H groups in total. The van der Waals surface area contributed by atoms with Gasteiger partial charge in [0.25, 0.3) is 0 Å². The van der Waals surface area contributed by atoms with Crippen LogP contribution in [-0.2, 0) is 4.79 Å². The van der Waals surface area contributed by atoms with Crippen molar-refractivity contribution < 1.29 is 4.79 Å². The maximum atomic E-state index is 12.5. The van der Waals surface area contributed by atoms with E-state index in [0.29, 0.717) is 24.0 Å². The Kier molecular flexibility index (Phi) is 4.14. The number of Topliss-reactive ketones (excluding diaryl/α,β-unsaturated/α-hetero) is 1. The minimum Gasteiger partial charge on any atom is -0.358 e. The van der Waals surface area contributed by atoms with Crippen molar-refractivity contribution in [3.05, 3.63) is 35.5 Å². The number of hydrogen-bond acceptors (Lipinski definition) is 1. The molecule has 0 bridgehead atoms. The smallest absolute Gasteiger partial charge is 0.136 e. The van der Waals surface area contributed by atoms with Gasteiger partial charge in [0, 0.05) is 28.9 Å². The van der Waals surface area contributed by atoms with Crippen LogP contribution in [0.25, 0.3) is 10.9 Å². The van der Waals surface area contributed by atoms with Crippen molar-refractivity contribution in [2.75, 3.05) is 0 Å². The summed E-state index contributed by atoms with van der Waals surface area (Å²) in [5, 5.41) is 1.28. The zero-order valence-corrected chi connectivity index (χ0v) is 13.1. The molecule has 0 unspecified atom stereocenters. The van der Waals surface area contributed by atoms with Crippen LogP contribution in [-0.4, -0.2) is 10.8 Å². The Labute approximate surface area is 126 Å². The molecule has 1 aromatic heterocycles. The molecule has 1 heterocycles. The molecule has 112 valence electrons. The minimum absolute atomic E-state index is 0.301. The maximum Gasteiger partial charge on any atom is 0.136 e. The van der Waals surface area contributed by atoms with E-state index in [-0.39, 0.29) is 0 Å². The van der Waals surface area contributed by atoms with Crippen molar-refractivity contribution in [3.63, 3.8) is 0 Å². The van der Waals surface area contributed by atoms with Crippen molar-refractivity contribution in [3.8, 4) is 0 Å². The van der Waals surface area contributed by atoms with Gasteiger partial charge in [0.1, 0.15) is 5.78 Å². The first-order valence-corrected chi connectivity index (χ1v) is 8.26. The molecule has 0 radical (unpaired) electrons. The fourth-order valence-electron chi connectivity index (χ4n) is 3.93. The Morgan fingerprint density at radius 3 is 2.71 bits per heavy atom. The van der Waals surface area contributed by atoms with Gasteiger partial charge in [-0.05, 0) is 37.3 Å². The normalized spacial score (nSPS) is 18.0. The number of carbonyl (C=O) groups excluding carboxylic acids is 1. The van der Waals surface area contributed by atoms with E-state index in [0.717, 1.165) is 12.8 Å². The summed E-state index contributed by atoms with van der Waals surface area (Å²) < 4.78 is 0. The Bertz CT molecular complexity index is 634. The van der Waals surface area contributed by atoms with Crippen LogP contribution in [0.2, 0.25) is 0 Å². The van der Waals surface area contributed by atoms with Gasteiger partial charge >= 0.3 is 0 Å². The molecule has 2 nitrogen and oxygen atoms in total. The third kappa shape index (κ3) is 2.90. The van der Waals surface area contributed by atoms with Gasteiger partial charge in [0.2, 0.25) is 0 Å². The average molecular weight is 283 g/mol. The molecule has 2 heteroatoms. The van der Waals surface area contributed by atoms with E-state index in [9.17, 15) is 4.79 Å². The fraction of sp³-hybridized carbons (Fsp3) is 0.526. The van der Waals surface area contributed by atoms with Gasteiger partial charge in [-0.25, -0.2) is 0 Å². The number of aryl methyl sites for hydroxylation is 1. The van der Waals surface area contributed by atoms with E-state index in [2.05, 4.69) is 43.1 Å². The highest BCUT2D eigenvalue weighted by atomic mass is 16.1. The molecule has 0 spiro atoms.